The summed E-state index contributed by atoms with van der Waals surface area (Å²) in [6, 6.07) is 12.7. The summed E-state index contributed by atoms with van der Waals surface area (Å²) in [7, 11) is 1.54. The normalized spacial score (nSPS) is 16.1. The van der Waals surface area contributed by atoms with Gasteiger partial charge in [0, 0.05) is 36.6 Å². The van der Waals surface area contributed by atoms with Gasteiger partial charge < -0.3 is 20.3 Å². The molecule has 0 unspecified atom stereocenters. The third kappa shape index (κ3) is 4.71. The van der Waals surface area contributed by atoms with Gasteiger partial charge in [0.15, 0.2) is 0 Å². The van der Waals surface area contributed by atoms with Crippen LogP contribution in [-0.2, 0) is 4.79 Å². The number of hydrogen-bond donors (Lipinski definition) is 2. The van der Waals surface area contributed by atoms with Gasteiger partial charge in [0.1, 0.15) is 5.75 Å². The highest BCUT2D eigenvalue weighted by molar-refractivity contribution is 6.30. The molecule has 0 spiro atoms. The van der Waals surface area contributed by atoms with Gasteiger partial charge in [0.05, 0.1) is 12.8 Å². The number of nitrogens with one attached hydrogen (secondary N) is 2. The van der Waals surface area contributed by atoms with Gasteiger partial charge in [-0.25, -0.2) is 4.79 Å². The van der Waals surface area contributed by atoms with E-state index in [1.807, 2.05) is 24.3 Å². The van der Waals surface area contributed by atoms with E-state index in [-0.39, 0.29) is 17.9 Å². The van der Waals surface area contributed by atoms with Crippen molar-refractivity contribution in [3.05, 3.63) is 53.1 Å². The molecule has 3 rings (SSSR count). The zero-order chi connectivity index (χ0) is 19.4. The third-order valence-electron chi connectivity index (χ3n) is 4.56. The Morgan fingerprint density at radius 3 is 2.70 bits per heavy atom. The van der Waals surface area contributed by atoms with E-state index in [0.717, 1.165) is 12.0 Å². The van der Waals surface area contributed by atoms with Gasteiger partial charge >= 0.3 is 6.03 Å². The Balaban J connectivity index is 1.69. The number of likely N-dealkylation sites (tertiary alicyclic amines) is 1. The number of rotatable bonds is 4. The molecule has 3 amide bonds. The molecule has 0 bridgehead atoms. The molecule has 2 aromatic rings. The van der Waals surface area contributed by atoms with E-state index >= 15 is 0 Å². The van der Waals surface area contributed by atoms with E-state index < -0.39 is 0 Å². The largest absolute Gasteiger partial charge is 0.495 e. The summed E-state index contributed by atoms with van der Waals surface area (Å²) in [6.45, 7) is 2.72. The number of halogens is 1. The average Bonchev–Trinajstić information content (AvgIpc) is 3.12. The van der Waals surface area contributed by atoms with Crippen LogP contribution >= 0.6 is 11.6 Å². The summed E-state index contributed by atoms with van der Waals surface area (Å²) >= 11 is 6.08. The van der Waals surface area contributed by atoms with Crippen LogP contribution in [0.5, 0.6) is 5.75 Å². The second-order valence-corrected chi connectivity index (χ2v) is 6.95. The van der Waals surface area contributed by atoms with Gasteiger partial charge in [0.2, 0.25) is 5.91 Å². The van der Waals surface area contributed by atoms with Crippen molar-refractivity contribution in [1.82, 2.24) is 4.90 Å². The monoisotopic (exact) mass is 387 g/mol. The molecule has 1 aliphatic heterocycles. The first-order valence-corrected chi connectivity index (χ1v) is 9.11. The standard InChI is InChI=1S/C20H22ClN3O3/c1-13(25)22-17-6-7-19(27-2)18(11-17)23-20(26)24-9-8-15(12-24)14-4-3-5-16(21)10-14/h3-7,10-11,15H,8-9,12H2,1-2H3,(H,22,25)(H,23,26)/t15-/m0/s1. The molecule has 0 aliphatic carbocycles. The lowest BCUT2D eigenvalue weighted by Gasteiger charge is -2.19. The minimum Gasteiger partial charge on any atom is -0.495 e. The summed E-state index contributed by atoms with van der Waals surface area (Å²) in [4.78, 5) is 25.7. The molecule has 6 nitrogen and oxygen atoms in total. The fourth-order valence-corrected chi connectivity index (χ4v) is 3.46. The fourth-order valence-electron chi connectivity index (χ4n) is 3.26. The molecule has 2 N–H and O–H groups in total. The lowest BCUT2D eigenvalue weighted by molar-refractivity contribution is -0.114. The van der Waals surface area contributed by atoms with Crippen LogP contribution in [0.3, 0.4) is 0 Å². The van der Waals surface area contributed by atoms with E-state index in [9.17, 15) is 9.59 Å². The van der Waals surface area contributed by atoms with Crippen molar-refractivity contribution < 1.29 is 14.3 Å². The molecule has 7 heteroatoms. The Morgan fingerprint density at radius 1 is 1.19 bits per heavy atom. The van der Waals surface area contributed by atoms with Crippen LogP contribution in [0.1, 0.15) is 24.8 Å². The topological polar surface area (TPSA) is 70.7 Å². The molecule has 0 aromatic heterocycles. The van der Waals surface area contributed by atoms with E-state index in [1.54, 1.807) is 23.1 Å². The first kappa shape index (κ1) is 19.0. The number of carbonyl (C=O) groups is 2. The minimum atomic E-state index is -0.196. The highest BCUT2D eigenvalue weighted by Crippen LogP contribution is 2.31. The first-order chi connectivity index (χ1) is 13.0. The predicted molar refractivity (Wildman–Crippen MR) is 107 cm³/mol. The Kier molecular flexibility index (Phi) is 5.86. The summed E-state index contributed by atoms with van der Waals surface area (Å²) in [5.74, 6) is 0.617. The van der Waals surface area contributed by atoms with Crippen molar-refractivity contribution >= 4 is 34.9 Å². The number of benzene rings is 2. The smallest absolute Gasteiger partial charge is 0.321 e. The van der Waals surface area contributed by atoms with Crippen molar-refractivity contribution in [3.8, 4) is 5.75 Å². The van der Waals surface area contributed by atoms with Crippen LogP contribution in [0.25, 0.3) is 0 Å². The van der Waals surface area contributed by atoms with E-state index in [0.29, 0.717) is 35.2 Å². The number of ether oxygens (including phenoxy) is 1. The van der Waals surface area contributed by atoms with Crippen LogP contribution in [0.2, 0.25) is 5.02 Å². The predicted octanol–water partition coefficient (Wildman–Crippen LogP) is 4.33. The third-order valence-corrected chi connectivity index (χ3v) is 4.79. The van der Waals surface area contributed by atoms with Crippen LogP contribution in [0.4, 0.5) is 16.2 Å². The molecule has 1 fully saturated rings. The van der Waals surface area contributed by atoms with Gasteiger partial charge in [-0.05, 0) is 42.3 Å². The van der Waals surface area contributed by atoms with Crippen LogP contribution < -0.4 is 15.4 Å². The van der Waals surface area contributed by atoms with Crippen molar-refractivity contribution in [2.24, 2.45) is 0 Å². The maximum absolute atomic E-state index is 12.7. The van der Waals surface area contributed by atoms with E-state index in [2.05, 4.69) is 10.6 Å². The Labute approximate surface area is 163 Å². The molecule has 2 aromatic carbocycles. The number of amides is 3. The van der Waals surface area contributed by atoms with Gasteiger partial charge in [-0.15, -0.1) is 0 Å². The number of carbonyl (C=O) groups excluding carboxylic acids is 2. The van der Waals surface area contributed by atoms with Crippen molar-refractivity contribution in [1.29, 1.82) is 0 Å². The Bertz CT molecular complexity index is 856. The second-order valence-electron chi connectivity index (χ2n) is 6.51. The van der Waals surface area contributed by atoms with Crippen LogP contribution in [-0.4, -0.2) is 37.0 Å². The van der Waals surface area contributed by atoms with Crippen molar-refractivity contribution in [3.63, 3.8) is 0 Å². The summed E-state index contributed by atoms with van der Waals surface area (Å²) < 4.78 is 5.31. The summed E-state index contributed by atoms with van der Waals surface area (Å²) in [5, 5.41) is 6.29. The maximum atomic E-state index is 12.7. The highest BCUT2D eigenvalue weighted by atomic mass is 35.5. The zero-order valence-electron chi connectivity index (χ0n) is 15.3. The maximum Gasteiger partial charge on any atom is 0.321 e. The van der Waals surface area contributed by atoms with Crippen molar-refractivity contribution in [2.45, 2.75) is 19.3 Å². The quantitative estimate of drug-likeness (QED) is 0.820. The fraction of sp³-hybridized carbons (Fsp3) is 0.300. The summed E-state index contributed by atoms with van der Waals surface area (Å²) in [6.07, 6.45) is 0.886. The molecule has 1 aliphatic rings. The molecule has 1 heterocycles. The number of hydrogen-bond acceptors (Lipinski definition) is 3. The molecule has 1 atom stereocenters. The second kappa shape index (κ2) is 8.31. The number of methoxy groups -OCH3 is 1. The average molecular weight is 388 g/mol. The minimum absolute atomic E-state index is 0.179. The Morgan fingerprint density at radius 2 is 2.00 bits per heavy atom. The summed E-state index contributed by atoms with van der Waals surface area (Å²) in [5.41, 5.74) is 2.25. The lowest BCUT2D eigenvalue weighted by atomic mass is 9.99. The molecular formula is C20H22ClN3O3. The molecule has 1 saturated heterocycles. The zero-order valence-corrected chi connectivity index (χ0v) is 16.0. The van der Waals surface area contributed by atoms with E-state index in [1.165, 1.54) is 14.0 Å². The molecule has 0 saturated carbocycles. The molecule has 142 valence electrons. The highest BCUT2D eigenvalue weighted by Gasteiger charge is 2.28. The van der Waals surface area contributed by atoms with E-state index in [4.69, 9.17) is 16.3 Å². The molecule has 0 radical (unpaired) electrons. The van der Waals surface area contributed by atoms with Gasteiger partial charge in [-0.1, -0.05) is 23.7 Å². The molecule has 27 heavy (non-hydrogen) atoms. The SMILES string of the molecule is COc1ccc(NC(C)=O)cc1NC(=O)N1CC[C@H](c2cccc(Cl)c2)C1. The lowest BCUT2D eigenvalue weighted by Crippen LogP contribution is -2.33. The van der Waals surface area contributed by atoms with Gasteiger partial charge in [0.25, 0.3) is 0 Å². The van der Waals surface area contributed by atoms with Crippen LogP contribution in [0.15, 0.2) is 42.5 Å². The van der Waals surface area contributed by atoms with Gasteiger partial charge in [-0.3, -0.25) is 4.79 Å². The number of urea groups is 1. The van der Waals surface area contributed by atoms with Crippen molar-refractivity contribution in [2.75, 3.05) is 30.8 Å². The Hall–Kier alpha value is -2.73. The van der Waals surface area contributed by atoms with Crippen LogP contribution in [0, 0.1) is 0 Å². The number of anilines is 2. The first-order valence-electron chi connectivity index (χ1n) is 8.73. The molecular weight excluding hydrogens is 366 g/mol. The van der Waals surface area contributed by atoms with Gasteiger partial charge in [-0.2, -0.15) is 0 Å². The number of nitrogens with zero attached hydrogens (tertiary/aromatic N) is 1.